The Kier molecular flexibility index (Phi) is 6.37. The Bertz CT molecular complexity index is 1130. The molecule has 30 heavy (non-hydrogen) atoms. The first-order chi connectivity index (χ1) is 14.3. The third-order valence-corrected chi connectivity index (χ3v) is 5.97. The van der Waals surface area contributed by atoms with Gasteiger partial charge in [-0.25, -0.2) is 8.42 Å². The van der Waals surface area contributed by atoms with Crippen LogP contribution in [0.15, 0.2) is 71.9 Å². The van der Waals surface area contributed by atoms with Gasteiger partial charge in [0.15, 0.2) is 6.10 Å². The maximum absolute atomic E-state index is 12.5. The fourth-order valence-corrected chi connectivity index (χ4v) is 3.74. The van der Waals surface area contributed by atoms with Gasteiger partial charge in [-0.1, -0.05) is 12.1 Å². The van der Waals surface area contributed by atoms with Crippen molar-refractivity contribution < 1.29 is 17.9 Å². The molecule has 0 spiro atoms. The first kappa shape index (κ1) is 21.3. The van der Waals surface area contributed by atoms with E-state index in [0.29, 0.717) is 17.1 Å². The summed E-state index contributed by atoms with van der Waals surface area (Å²) in [6, 6.07) is 14.8. The van der Waals surface area contributed by atoms with Crippen molar-refractivity contribution in [3.05, 3.63) is 78.1 Å². The summed E-state index contributed by atoms with van der Waals surface area (Å²) in [6.07, 6.45) is 2.25. The van der Waals surface area contributed by atoms with Crippen LogP contribution in [0.5, 0.6) is 5.75 Å². The summed E-state index contributed by atoms with van der Waals surface area (Å²) in [6.45, 7) is 5.58. The maximum Gasteiger partial charge on any atom is 0.265 e. The van der Waals surface area contributed by atoms with E-state index in [1.165, 1.54) is 30.5 Å². The lowest BCUT2D eigenvalue weighted by Crippen LogP contribution is -2.30. The Balaban J connectivity index is 1.64. The molecular weight excluding hydrogens is 402 g/mol. The second-order valence-corrected chi connectivity index (χ2v) is 8.50. The molecule has 0 aliphatic heterocycles. The standard InChI is InChI=1S/C22H23N3O4S/c1-15-6-4-8-21(16(15)2)29-17(3)22(26)24-18-9-11-20(12-10-18)30(27,28)25-19-7-5-13-23-14-19/h4-14,17,25H,1-3H3,(H,24,26). The zero-order chi connectivity index (χ0) is 21.7. The van der Waals surface area contributed by atoms with E-state index in [-0.39, 0.29) is 10.8 Å². The number of hydrogen-bond donors (Lipinski definition) is 2. The number of sulfonamides is 1. The first-order valence-corrected chi connectivity index (χ1v) is 10.8. The van der Waals surface area contributed by atoms with Gasteiger partial charge in [0.1, 0.15) is 5.75 Å². The predicted octanol–water partition coefficient (Wildman–Crippen LogP) is 3.91. The van der Waals surface area contributed by atoms with Crippen LogP contribution >= 0.6 is 0 Å². The SMILES string of the molecule is Cc1cccc(OC(C)C(=O)Nc2ccc(S(=O)(=O)Nc3cccnc3)cc2)c1C. The molecule has 1 heterocycles. The minimum Gasteiger partial charge on any atom is -0.481 e. The molecule has 0 bridgehead atoms. The van der Waals surface area contributed by atoms with Gasteiger partial charge < -0.3 is 10.1 Å². The van der Waals surface area contributed by atoms with Crippen LogP contribution in [-0.4, -0.2) is 25.4 Å². The van der Waals surface area contributed by atoms with Crippen molar-refractivity contribution in [2.45, 2.75) is 31.8 Å². The third-order valence-electron chi connectivity index (χ3n) is 4.57. The minimum absolute atomic E-state index is 0.0732. The van der Waals surface area contributed by atoms with E-state index in [9.17, 15) is 13.2 Å². The molecule has 0 fully saturated rings. The number of ether oxygens (including phenoxy) is 1. The lowest BCUT2D eigenvalue weighted by molar-refractivity contribution is -0.122. The number of hydrogen-bond acceptors (Lipinski definition) is 5. The van der Waals surface area contributed by atoms with Crippen LogP contribution in [0.3, 0.4) is 0 Å². The number of nitrogens with one attached hydrogen (secondary N) is 2. The van der Waals surface area contributed by atoms with E-state index >= 15 is 0 Å². The van der Waals surface area contributed by atoms with Crippen LogP contribution in [0.1, 0.15) is 18.1 Å². The van der Waals surface area contributed by atoms with Gasteiger partial charge in [0.05, 0.1) is 16.8 Å². The summed E-state index contributed by atoms with van der Waals surface area (Å²) in [7, 11) is -3.75. The minimum atomic E-state index is -3.75. The van der Waals surface area contributed by atoms with Crippen LogP contribution in [0.2, 0.25) is 0 Å². The Morgan fingerprint density at radius 3 is 2.40 bits per heavy atom. The summed E-state index contributed by atoms with van der Waals surface area (Å²) in [4.78, 5) is 16.4. The second-order valence-electron chi connectivity index (χ2n) is 6.82. The van der Waals surface area contributed by atoms with E-state index in [4.69, 9.17) is 4.74 Å². The van der Waals surface area contributed by atoms with Gasteiger partial charge in [-0.3, -0.25) is 14.5 Å². The highest BCUT2D eigenvalue weighted by atomic mass is 32.2. The van der Waals surface area contributed by atoms with Crippen LogP contribution in [0.4, 0.5) is 11.4 Å². The monoisotopic (exact) mass is 425 g/mol. The Hall–Kier alpha value is -3.39. The van der Waals surface area contributed by atoms with Gasteiger partial charge in [0, 0.05) is 11.9 Å². The van der Waals surface area contributed by atoms with Gasteiger partial charge in [-0.2, -0.15) is 0 Å². The fourth-order valence-electron chi connectivity index (χ4n) is 2.69. The third kappa shape index (κ3) is 5.15. The van der Waals surface area contributed by atoms with Crippen molar-refractivity contribution in [2.24, 2.45) is 0 Å². The van der Waals surface area contributed by atoms with Gasteiger partial charge in [-0.05, 0) is 74.4 Å². The number of aromatic nitrogens is 1. The first-order valence-electron chi connectivity index (χ1n) is 9.33. The van der Waals surface area contributed by atoms with Crippen molar-refractivity contribution in [3.8, 4) is 5.75 Å². The average Bonchev–Trinajstić information content (AvgIpc) is 2.72. The van der Waals surface area contributed by atoms with Gasteiger partial charge >= 0.3 is 0 Å². The zero-order valence-electron chi connectivity index (χ0n) is 16.9. The molecule has 1 unspecified atom stereocenters. The molecule has 0 aliphatic carbocycles. The molecule has 2 aromatic carbocycles. The van der Waals surface area contributed by atoms with E-state index < -0.39 is 16.1 Å². The lowest BCUT2D eigenvalue weighted by Gasteiger charge is -2.17. The normalized spacial score (nSPS) is 12.1. The number of aryl methyl sites for hydroxylation is 1. The number of pyridine rings is 1. The highest BCUT2D eigenvalue weighted by Gasteiger charge is 2.18. The molecule has 1 atom stereocenters. The Morgan fingerprint density at radius 2 is 1.73 bits per heavy atom. The highest BCUT2D eigenvalue weighted by molar-refractivity contribution is 7.92. The summed E-state index contributed by atoms with van der Waals surface area (Å²) in [5, 5.41) is 2.74. The quantitative estimate of drug-likeness (QED) is 0.598. The van der Waals surface area contributed by atoms with Crippen molar-refractivity contribution >= 4 is 27.3 Å². The molecule has 0 radical (unpaired) electrons. The molecule has 1 aromatic heterocycles. The Labute approximate surface area is 176 Å². The molecule has 3 aromatic rings. The number of amides is 1. The summed E-state index contributed by atoms with van der Waals surface area (Å²) >= 11 is 0. The summed E-state index contributed by atoms with van der Waals surface area (Å²) < 4.78 is 33.2. The number of carbonyl (C=O) groups excluding carboxylic acids is 1. The van der Waals surface area contributed by atoms with E-state index in [1.54, 1.807) is 25.3 Å². The van der Waals surface area contributed by atoms with Gasteiger partial charge in [0.25, 0.3) is 15.9 Å². The van der Waals surface area contributed by atoms with Crippen molar-refractivity contribution in [2.75, 3.05) is 10.0 Å². The second kappa shape index (κ2) is 8.96. The van der Waals surface area contributed by atoms with Crippen molar-refractivity contribution in [1.82, 2.24) is 4.98 Å². The number of rotatable bonds is 7. The van der Waals surface area contributed by atoms with E-state index in [0.717, 1.165) is 11.1 Å². The maximum atomic E-state index is 12.5. The van der Waals surface area contributed by atoms with Crippen LogP contribution in [0.25, 0.3) is 0 Å². The molecule has 156 valence electrons. The molecule has 7 nitrogen and oxygen atoms in total. The van der Waals surface area contributed by atoms with Crippen LogP contribution in [0, 0.1) is 13.8 Å². The van der Waals surface area contributed by atoms with Gasteiger partial charge in [-0.15, -0.1) is 0 Å². The van der Waals surface area contributed by atoms with E-state index in [2.05, 4.69) is 15.0 Å². The molecule has 8 heteroatoms. The largest absolute Gasteiger partial charge is 0.481 e. The highest BCUT2D eigenvalue weighted by Crippen LogP contribution is 2.22. The summed E-state index contributed by atoms with van der Waals surface area (Å²) in [5.74, 6) is 0.320. The molecule has 0 saturated carbocycles. The van der Waals surface area contributed by atoms with E-state index in [1.807, 2.05) is 32.0 Å². The average molecular weight is 426 g/mol. The number of carbonyl (C=O) groups is 1. The van der Waals surface area contributed by atoms with Gasteiger partial charge in [0.2, 0.25) is 0 Å². The molecule has 2 N–H and O–H groups in total. The van der Waals surface area contributed by atoms with Crippen LogP contribution in [-0.2, 0) is 14.8 Å². The smallest absolute Gasteiger partial charge is 0.265 e. The Morgan fingerprint density at radius 1 is 1.00 bits per heavy atom. The topological polar surface area (TPSA) is 97.4 Å². The number of benzene rings is 2. The van der Waals surface area contributed by atoms with Crippen molar-refractivity contribution in [3.63, 3.8) is 0 Å². The number of nitrogens with zero attached hydrogens (tertiary/aromatic N) is 1. The summed E-state index contributed by atoms with van der Waals surface area (Å²) in [5.41, 5.74) is 2.90. The van der Waals surface area contributed by atoms with Crippen LogP contribution < -0.4 is 14.8 Å². The molecule has 1 amide bonds. The fraction of sp³-hybridized carbons (Fsp3) is 0.182. The molecule has 0 saturated heterocycles. The molecule has 3 rings (SSSR count). The molecular formula is C22H23N3O4S. The predicted molar refractivity (Wildman–Crippen MR) is 116 cm³/mol. The number of anilines is 2. The lowest BCUT2D eigenvalue weighted by atomic mass is 10.1. The molecule has 0 aliphatic rings. The zero-order valence-corrected chi connectivity index (χ0v) is 17.7. The van der Waals surface area contributed by atoms with Crippen molar-refractivity contribution in [1.29, 1.82) is 0 Å².